The molecule has 2 amide bonds. The van der Waals surface area contributed by atoms with Gasteiger partial charge in [0, 0.05) is 29.4 Å². The molecule has 2 N–H and O–H groups in total. The summed E-state index contributed by atoms with van der Waals surface area (Å²) in [5.74, 6) is -2.05. The van der Waals surface area contributed by atoms with Crippen molar-refractivity contribution in [2.45, 2.75) is 38.8 Å². The number of nitrogens with zero attached hydrogens (tertiary/aromatic N) is 4. The van der Waals surface area contributed by atoms with Gasteiger partial charge in [-0.1, -0.05) is 35.9 Å². The topological polar surface area (TPSA) is 130 Å². The highest BCUT2D eigenvalue weighted by Crippen LogP contribution is 2.33. The first-order valence-corrected chi connectivity index (χ1v) is 13.8. The van der Waals surface area contributed by atoms with Crippen molar-refractivity contribution in [2.24, 2.45) is 0 Å². The molecule has 2 heterocycles. The molecule has 0 saturated carbocycles. The van der Waals surface area contributed by atoms with Crippen LogP contribution in [0.1, 0.15) is 53.9 Å². The fraction of sp³-hybridized carbons (Fsp3) is 0.226. The van der Waals surface area contributed by atoms with Crippen LogP contribution in [0.4, 0.5) is 10.1 Å². The van der Waals surface area contributed by atoms with Crippen LogP contribution in [-0.2, 0) is 20.7 Å². The van der Waals surface area contributed by atoms with E-state index < -0.39 is 35.2 Å². The molecule has 0 aliphatic carbocycles. The van der Waals surface area contributed by atoms with E-state index in [0.717, 1.165) is 5.56 Å². The Morgan fingerprint density at radius 3 is 2.53 bits per heavy atom. The van der Waals surface area contributed by atoms with E-state index in [0.29, 0.717) is 23.2 Å². The summed E-state index contributed by atoms with van der Waals surface area (Å²) in [6, 6.07) is 15.6. The van der Waals surface area contributed by atoms with Gasteiger partial charge < -0.3 is 15.0 Å². The van der Waals surface area contributed by atoms with Crippen LogP contribution in [0, 0.1) is 5.82 Å². The zero-order valence-corrected chi connectivity index (χ0v) is 24.4. The average molecular weight is 603 g/mol. The summed E-state index contributed by atoms with van der Waals surface area (Å²) in [5, 5.41) is 16.4. The first-order valence-electron chi connectivity index (χ1n) is 13.4. The van der Waals surface area contributed by atoms with E-state index in [1.54, 1.807) is 57.2 Å². The minimum absolute atomic E-state index is 0.00531. The van der Waals surface area contributed by atoms with Crippen LogP contribution in [0.5, 0.6) is 0 Å². The number of amides is 2. The smallest absolute Gasteiger partial charge is 0.338 e. The van der Waals surface area contributed by atoms with E-state index in [4.69, 9.17) is 16.3 Å². The predicted octanol–water partition coefficient (Wildman–Crippen LogP) is 5.39. The number of aromatic nitrogens is 4. The molecule has 12 heteroatoms. The Balaban J connectivity index is 1.41. The highest BCUT2D eigenvalue weighted by atomic mass is 35.5. The number of tetrazole rings is 1. The van der Waals surface area contributed by atoms with Gasteiger partial charge in [0.25, 0.3) is 5.91 Å². The van der Waals surface area contributed by atoms with Gasteiger partial charge in [-0.2, -0.15) is 5.21 Å². The number of nitrogens with one attached hydrogen (secondary N) is 2. The van der Waals surface area contributed by atoms with Gasteiger partial charge in [0.1, 0.15) is 17.5 Å². The molecule has 4 aromatic rings. The number of hydrogen-bond donors (Lipinski definition) is 2. The Hall–Kier alpha value is -4.90. The van der Waals surface area contributed by atoms with E-state index in [1.165, 1.54) is 29.2 Å². The van der Waals surface area contributed by atoms with Crippen LogP contribution >= 0.6 is 11.6 Å². The number of H-pyrrole nitrogens is 1. The summed E-state index contributed by atoms with van der Waals surface area (Å²) in [4.78, 5) is 41.1. The average Bonchev–Trinajstić information content (AvgIpc) is 3.51. The molecule has 1 aliphatic heterocycles. The number of esters is 1. The van der Waals surface area contributed by atoms with Gasteiger partial charge >= 0.3 is 5.97 Å². The molecular weight excluding hydrogens is 575 g/mol. The Morgan fingerprint density at radius 1 is 1.09 bits per heavy atom. The summed E-state index contributed by atoms with van der Waals surface area (Å²) < 4.78 is 20.5. The molecule has 220 valence electrons. The van der Waals surface area contributed by atoms with Crippen molar-refractivity contribution >= 4 is 41.1 Å². The predicted molar refractivity (Wildman–Crippen MR) is 158 cm³/mol. The molecule has 1 aliphatic rings. The van der Waals surface area contributed by atoms with E-state index >= 15 is 4.39 Å². The third-order valence-corrected chi connectivity index (χ3v) is 7.01. The van der Waals surface area contributed by atoms with Crippen LogP contribution in [0.2, 0.25) is 5.02 Å². The standard InChI is InChI=1S/C31H28ClFN6O4/c1-31(2,3)43-30(42)19-8-10-20(11-9-19)34-29(41)27-21-7-5-4-6-18(21)16-17-39(27)25(40)15-13-22-23(28-35-37-38-36-28)12-14-24(32)26(22)33/h4-15,27H,16-17H2,1-3H3,(H,34,41)(H,35,36,37,38)/b15-13+/t27-/m0/s1. The van der Waals surface area contributed by atoms with Crippen molar-refractivity contribution in [1.29, 1.82) is 0 Å². The van der Waals surface area contributed by atoms with Gasteiger partial charge in [-0.3, -0.25) is 9.59 Å². The highest BCUT2D eigenvalue weighted by molar-refractivity contribution is 6.31. The third-order valence-electron chi connectivity index (χ3n) is 6.71. The monoisotopic (exact) mass is 602 g/mol. The number of aromatic amines is 1. The fourth-order valence-corrected chi connectivity index (χ4v) is 4.94. The number of fused-ring (bicyclic) bond motifs is 1. The van der Waals surface area contributed by atoms with Crippen molar-refractivity contribution < 1.29 is 23.5 Å². The first-order chi connectivity index (χ1) is 20.5. The summed E-state index contributed by atoms with van der Waals surface area (Å²) in [6.07, 6.45) is 3.02. The lowest BCUT2D eigenvalue weighted by atomic mass is 9.91. The largest absolute Gasteiger partial charge is 0.456 e. The minimum atomic E-state index is -0.964. The summed E-state index contributed by atoms with van der Waals surface area (Å²) in [5.41, 5.74) is 2.05. The number of hydrogen-bond acceptors (Lipinski definition) is 7. The number of benzene rings is 3. The number of halogens is 2. The number of anilines is 1. The maximum Gasteiger partial charge on any atom is 0.338 e. The Bertz CT molecular complexity index is 1700. The second-order valence-electron chi connectivity index (χ2n) is 10.8. The van der Waals surface area contributed by atoms with Gasteiger partial charge in [-0.25, -0.2) is 9.18 Å². The Morgan fingerprint density at radius 2 is 1.84 bits per heavy atom. The summed E-state index contributed by atoms with van der Waals surface area (Å²) in [6.45, 7) is 5.60. The maximum atomic E-state index is 15.1. The van der Waals surface area contributed by atoms with Gasteiger partial charge in [0.05, 0.1) is 10.6 Å². The van der Waals surface area contributed by atoms with E-state index in [-0.39, 0.29) is 28.5 Å². The molecule has 43 heavy (non-hydrogen) atoms. The molecule has 0 fully saturated rings. The zero-order valence-electron chi connectivity index (χ0n) is 23.6. The summed E-state index contributed by atoms with van der Waals surface area (Å²) >= 11 is 6.02. The Labute approximate surface area is 251 Å². The fourth-order valence-electron chi connectivity index (χ4n) is 4.77. The lowest BCUT2D eigenvalue weighted by Crippen LogP contribution is -2.44. The van der Waals surface area contributed by atoms with Gasteiger partial charge in [-0.05, 0) is 86.0 Å². The Kier molecular flexibility index (Phi) is 8.36. The van der Waals surface area contributed by atoms with Crippen molar-refractivity contribution in [1.82, 2.24) is 25.5 Å². The van der Waals surface area contributed by atoms with E-state index in [9.17, 15) is 14.4 Å². The molecular formula is C31H28ClFN6O4. The molecule has 5 rings (SSSR count). The maximum absolute atomic E-state index is 15.1. The van der Waals surface area contributed by atoms with Crippen molar-refractivity contribution in [3.8, 4) is 11.4 Å². The SMILES string of the molecule is CC(C)(C)OC(=O)c1ccc(NC(=O)[C@@H]2c3ccccc3CCN2C(=O)/C=C/c2c(-c3nn[nH]n3)ccc(Cl)c2F)cc1. The van der Waals surface area contributed by atoms with Gasteiger partial charge in [0.2, 0.25) is 11.7 Å². The second kappa shape index (κ2) is 12.1. The first kappa shape index (κ1) is 29.6. The van der Waals surface area contributed by atoms with Gasteiger partial charge in [0.15, 0.2) is 0 Å². The number of carbonyl (C=O) groups excluding carboxylic acids is 3. The second-order valence-corrected chi connectivity index (χ2v) is 11.3. The van der Waals surface area contributed by atoms with Crippen LogP contribution < -0.4 is 5.32 Å². The lowest BCUT2D eigenvalue weighted by molar-refractivity contribution is -0.135. The molecule has 1 aromatic heterocycles. The van der Waals surface area contributed by atoms with Crippen LogP contribution in [-0.4, -0.2) is 55.5 Å². The van der Waals surface area contributed by atoms with E-state index in [1.807, 2.05) is 12.1 Å². The highest BCUT2D eigenvalue weighted by Gasteiger charge is 2.35. The van der Waals surface area contributed by atoms with Crippen molar-refractivity contribution in [2.75, 3.05) is 11.9 Å². The van der Waals surface area contributed by atoms with Gasteiger partial charge in [-0.15, -0.1) is 10.2 Å². The number of ether oxygens (including phenoxy) is 1. The lowest BCUT2D eigenvalue weighted by Gasteiger charge is -2.35. The zero-order chi connectivity index (χ0) is 30.7. The van der Waals surface area contributed by atoms with Crippen molar-refractivity contribution in [3.05, 3.63) is 99.8 Å². The molecule has 0 radical (unpaired) electrons. The normalized spacial score (nSPS) is 14.8. The molecule has 0 unspecified atom stereocenters. The molecule has 0 bridgehead atoms. The molecule has 3 aromatic carbocycles. The molecule has 1 atom stereocenters. The summed E-state index contributed by atoms with van der Waals surface area (Å²) in [7, 11) is 0. The third kappa shape index (κ3) is 6.62. The number of carbonyl (C=O) groups is 3. The molecule has 0 saturated heterocycles. The minimum Gasteiger partial charge on any atom is -0.456 e. The quantitative estimate of drug-likeness (QED) is 0.223. The van der Waals surface area contributed by atoms with Crippen LogP contribution in [0.3, 0.4) is 0 Å². The number of rotatable bonds is 6. The molecule has 10 nitrogen and oxygen atoms in total. The van der Waals surface area contributed by atoms with E-state index in [2.05, 4.69) is 25.9 Å². The van der Waals surface area contributed by atoms with Crippen LogP contribution in [0.15, 0.2) is 66.7 Å². The van der Waals surface area contributed by atoms with Crippen LogP contribution in [0.25, 0.3) is 17.5 Å². The molecule has 0 spiro atoms. The van der Waals surface area contributed by atoms with Crippen molar-refractivity contribution in [3.63, 3.8) is 0 Å².